The first-order valence-electron chi connectivity index (χ1n) is 5.35. The number of benzene rings is 1. The summed E-state index contributed by atoms with van der Waals surface area (Å²) in [5.41, 5.74) is -0.464. The third-order valence-electron chi connectivity index (χ3n) is 2.37. The zero-order valence-electron chi connectivity index (χ0n) is 10.1. The highest BCUT2D eigenvalue weighted by Crippen LogP contribution is 2.25. The largest absolute Gasteiger partial charge is 0.320 e. The number of nitrogens with zero attached hydrogens (tertiary/aromatic N) is 1. The molecule has 7 heteroatoms. The van der Waals surface area contributed by atoms with E-state index < -0.39 is 16.4 Å². The molecule has 1 amide bonds. The minimum Gasteiger partial charge on any atom is -0.320 e. The normalized spacial score (nSPS) is 11.9. The average Bonchev–Trinajstić information content (AvgIpc) is 2.31. The molecule has 0 heterocycles. The van der Waals surface area contributed by atoms with E-state index in [1.54, 1.807) is 14.0 Å². The Morgan fingerprint density at radius 3 is 2.78 bits per heavy atom. The van der Waals surface area contributed by atoms with E-state index in [0.717, 1.165) is 12.1 Å². The molecule has 1 rings (SSSR count). The zero-order valence-corrected chi connectivity index (χ0v) is 10.1. The van der Waals surface area contributed by atoms with Gasteiger partial charge in [-0.3, -0.25) is 14.9 Å². The van der Waals surface area contributed by atoms with Crippen LogP contribution in [0.3, 0.4) is 0 Å². The van der Waals surface area contributed by atoms with Gasteiger partial charge in [0.25, 0.3) is 5.69 Å². The van der Waals surface area contributed by atoms with Gasteiger partial charge in [0.1, 0.15) is 11.5 Å². The van der Waals surface area contributed by atoms with Crippen LogP contribution in [0.15, 0.2) is 18.2 Å². The Hall–Kier alpha value is -2.02. The van der Waals surface area contributed by atoms with Gasteiger partial charge in [0.15, 0.2) is 0 Å². The summed E-state index contributed by atoms with van der Waals surface area (Å²) < 4.78 is 12.9. The molecule has 6 nitrogen and oxygen atoms in total. The number of rotatable bonds is 5. The van der Waals surface area contributed by atoms with E-state index in [1.807, 2.05) is 0 Å². The van der Waals surface area contributed by atoms with Gasteiger partial charge in [-0.05, 0) is 19.2 Å². The Bertz CT molecular complexity index is 465. The average molecular weight is 255 g/mol. The molecule has 0 aliphatic rings. The maximum Gasteiger partial charge on any atom is 0.295 e. The van der Waals surface area contributed by atoms with Crippen molar-refractivity contribution in [2.75, 3.05) is 18.9 Å². The van der Waals surface area contributed by atoms with Crippen LogP contribution in [0.4, 0.5) is 15.8 Å². The molecule has 1 atom stereocenters. The van der Waals surface area contributed by atoms with E-state index >= 15 is 0 Å². The number of carbonyl (C=O) groups excluding carboxylic acids is 1. The maximum absolute atomic E-state index is 12.9. The molecule has 0 spiro atoms. The van der Waals surface area contributed by atoms with Gasteiger partial charge < -0.3 is 10.6 Å². The highest BCUT2D eigenvalue weighted by atomic mass is 19.1. The fourth-order valence-electron chi connectivity index (χ4n) is 1.42. The number of nitrogens with one attached hydrogen (secondary N) is 2. The van der Waals surface area contributed by atoms with Crippen LogP contribution in [0.5, 0.6) is 0 Å². The number of halogens is 1. The molecule has 98 valence electrons. The van der Waals surface area contributed by atoms with E-state index in [1.165, 1.54) is 6.07 Å². The van der Waals surface area contributed by atoms with Crippen molar-refractivity contribution in [2.24, 2.45) is 5.92 Å². The van der Waals surface area contributed by atoms with Crippen LogP contribution < -0.4 is 10.6 Å². The van der Waals surface area contributed by atoms with Crippen molar-refractivity contribution in [3.8, 4) is 0 Å². The number of hydrogen-bond acceptors (Lipinski definition) is 4. The summed E-state index contributed by atoms with van der Waals surface area (Å²) in [5.74, 6) is -1.43. The lowest BCUT2D eigenvalue weighted by molar-refractivity contribution is -0.384. The van der Waals surface area contributed by atoms with Crippen LogP contribution in [0.2, 0.25) is 0 Å². The van der Waals surface area contributed by atoms with Crippen molar-refractivity contribution < 1.29 is 14.1 Å². The summed E-state index contributed by atoms with van der Waals surface area (Å²) >= 11 is 0. The third-order valence-corrected chi connectivity index (χ3v) is 2.37. The van der Waals surface area contributed by atoms with Crippen molar-refractivity contribution in [1.29, 1.82) is 0 Å². The monoisotopic (exact) mass is 255 g/mol. The summed E-state index contributed by atoms with van der Waals surface area (Å²) in [6, 6.07) is 3.02. The first-order valence-corrected chi connectivity index (χ1v) is 5.35. The van der Waals surface area contributed by atoms with Gasteiger partial charge in [-0.1, -0.05) is 6.92 Å². The Balaban J connectivity index is 2.90. The standard InChI is InChI=1S/C11H14FN3O3/c1-7(6-13-2)11(16)14-9-4-3-8(12)5-10(9)15(17)18/h3-5,7,13H,6H2,1-2H3,(H,14,16). The van der Waals surface area contributed by atoms with Crippen LogP contribution >= 0.6 is 0 Å². The Kier molecular flexibility index (Phi) is 4.73. The van der Waals surface area contributed by atoms with Crippen molar-refractivity contribution in [1.82, 2.24) is 5.32 Å². The Morgan fingerprint density at radius 2 is 2.22 bits per heavy atom. The van der Waals surface area contributed by atoms with Crippen molar-refractivity contribution in [2.45, 2.75) is 6.92 Å². The highest BCUT2D eigenvalue weighted by molar-refractivity contribution is 5.94. The third kappa shape index (κ3) is 3.49. The first kappa shape index (κ1) is 14.0. The Morgan fingerprint density at radius 1 is 1.56 bits per heavy atom. The van der Waals surface area contributed by atoms with Gasteiger partial charge in [-0.2, -0.15) is 0 Å². The van der Waals surface area contributed by atoms with E-state index in [0.29, 0.717) is 6.54 Å². The molecule has 0 aliphatic carbocycles. The quantitative estimate of drug-likeness (QED) is 0.617. The topological polar surface area (TPSA) is 84.3 Å². The molecule has 0 saturated carbocycles. The van der Waals surface area contributed by atoms with E-state index in [2.05, 4.69) is 10.6 Å². The van der Waals surface area contributed by atoms with Gasteiger partial charge >= 0.3 is 0 Å². The van der Waals surface area contributed by atoms with E-state index in [-0.39, 0.29) is 17.5 Å². The lowest BCUT2D eigenvalue weighted by Crippen LogP contribution is -2.28. The molecule has 1 aromatic carbocycles. The number of hydrogen-bond donors (Lipinski definition) is 2. The van der Waals surface area contributed by atoms with E-state index in [4.69, 9.17) is 0 Å². The second kappa shape index (κ2) is 6.06. The Labute approximate surface area is 103 Å². The molecule has 0 aromatic heterocycles. The van der Waals surface area contributed by atoms with Crippen LogP contribution in [0.25, 0.3) is 0 Å². The molecule has 0 radical (unpaired) electrons. The molecule has 0 fully saturated rings. The fraction of sp³-hybridized carbons (Fsp3) is 0.364. The maximum atomic E-state index is 12.9. The number of nitro benzene ring substituents is 1. The van der Waals surface area contributed by atoms with Crippen molar-refractivity contribution in [3.63, 3.8) is 0 Å². The summed E-state index contributed by atoms with van der Waals surface area (Å²) in [5, 5.41) is 16.0. The van der Waals surface area contributed by atoms with Crippen LogP contribution in [0, 0.1) is 21.8 Å². The number of anilines is 1. The fourth-order valence-corrected chi connectivity index (χ4v) is 1.42. The molecular formula is C11H14FN3O3. The number of amides is 1. The van der Waals surface area contributed by atoms with Crippen LogP contribution in [-0.2, 0) is 4.79 Å². The second-order valence-electron chi connectivity index (χ2n) is 3.87. The lowest BCUT2D eigenvalue weighted by Gasteiger charge is -2.11. The number of nitro groups is 1. The molecule has 18 heavy (non-hydrogen) atoms. The van der Waals surface area contributed by atoms with Crippen molar-refractivity contribution in [3.05, 3.63) is 34.1 Å². The SMILES string of the molecule is CNCC(C)C(=O)Nc1ccc(F)cc1[N+](=O)[O-]. The van der Waals surface area contributed by atoms with Crippen LogP contribution in [-0.4, -0.2) is 24.4 Å². The summed E-state index contributed by atoms with van der Waals surface area (Å²) in [6.07, 6.45) is 0. The summed E-state index contributed by atoms with van der Waals surface area (Å²) in [6.45, 7) is 2.13. The second-order valence-corrected chi connectivity index (χ2v) is 3.87. The predicted octanol–water partition coefficient (Wildman–Crippen LogP) is 1.53. The van der Waals surface area contributed by atoms with Gasteiger partial charge in [0, 0.05) is 12.5 Å². The molecule has 1 unspecified atom stereocenters. The lowest BCUT2D eigenvalue weighted by atomic mass is 10.1. The molecular weight excluding hydrogens is 241 g/mol. The van der Waals surface area contributed by atoms with E-state index in [9.17, 15) is 19.3 Å². The minimum atomic E-state index is -0.735. The molecule has 1 aromatic rings. The van der Waals surface area contributed by atoms with Crippen molar-refractivity contribution >= 4 is 17.3 Å². The van der Waals surface area contributed by atoms with Gasteiger partial charge in [0.2, 0.25) is 5.91 Å². The van der Waals surface area contributed by atoms with Gasteiger partial charge in [-0.15, -0.1) is 0 Å². The molecule has 0 saturated heterocycles. The summed E-state index contributed by atoms with van der Waals surface area (Å²) in [4.78, 5) is 21.7. The minimum absolute atomic E-state index is 0.00523. The van der Waals surface area contributed by atoms with Crippen LogP contribution in [0.1, 0.15) is 6.92 Å². The number of carbonyl (C=O) groups is 1. The smallest absolute Gasteiger partial charge is 0.295 e. The predicted molar refractivity (Wildman–Crippen MR) is 64.8 cm³/mol. The van der Waals surface area contributed by atoms with Gasteiger partial charge in [-0.25, -0.2) is 4.39 Å². The highest BCUT2D eigenvalue weighted by Gasteiger charge is 2.19. The molecule has 2 N–H and O–H groups in total. The molecule has 0 bridgehead atoms. The zero-order chi connectivity index (χ0) is 13.7. The van der Waals surface area contributed by atoms with Gasteiger partial charge in [0.05, 0.1) is 11.0 Å². The summed E-state index contributed by atoms with van der Waals surface area (Å²) in [7, 11) is 1.70. The first-order chi connectivity index (χ1) is 8.45. The molecule has 0 aliphatic heterocycles.